The second kappa shape index (κ2) is 5.52. The zero-order chi connectivity index (χ0) is 13.9. The van der Waals surface area contributed by atoms with Crippen molar-refractivity contribution in [3.8, 4) is 0 Å². The molecule has 0 bridgehead atoms. The quantitative estimate of drug-likeness (QED) is 0.703. The molecule has 0 N–H and O–H groups in total. The lowest BCUT2D eigenvalue weighted by Gasteiger charge is -2.31. The van der Waals surface area contributed by atoms with E-state index in [1.165, 1.54) is 18.1 Å². The van der Waals surface area contributed by atoms with Crippen LogP contribution in [-0.4, -0.2) is 43.3 Å². The molecular weight excluding hydrogens is 234 g/mol. The summed E-state index contributed by atoms with van der Waals surface area (Å²) in [5.74, 6) is -0.169. The van der Waals surface area contributed by atoms with Crippen molar-refractivity contribution in [2.75, 3.05) is 20.3 Å². The van der Waals surface area contributed by atoms with Crippen LogP contribution in [0.3, 0.4) is 0 Å². The average molecular weight is 255 g/mol. The van der Waals surface area contributed by atoms with Crippen LogP contribution in [0, 0.1) is 11.3 Å². The normalized spacial score (nSPS) is 22.8. The summed E-state index contributed by atoms with van der Waals surface area (Å²) in [6.45, 7) is 9.70. The van der Waals surface area contributed by atoms with Crippen LogP contribution in [0.5, 0.6) is 0 Å². The third kappa shape index (κ3) is 2.56. The monoisotopic (exact) mass is 255 g/mol. The Kier molecular flexibility index (Phi) is 4.51. The largest absolute Gasteiger partial charge is 0.447 e. The van der Waals surface area contributed by atoms with Crippen molar-refractivity contribution >= 4 is 12.0 Å². The first-order chi connectivity index (χ1) is 8.37. The van der Waals surface area contributed by atoms with E-state index in [0.717, 1.165) is 0 Å². The van der Waals surface area contributed by atoms with Crippen molar-refractivity contribution < 1.29 is 19.1 Å². The van der Waals surface area contributed by atoms with E-state index in [0.29, 0.717) is 0 Å². The summed E-state index contributed by atoms with van der Waals surface area (Å²) in [7, 11) is 1.51. The SMILES string of the molecule is C=CC(C)(COC)C(=O)N1C(=O)OCC1C(C)C. The molecule has 1 fully saturated rings. The van der Waals surface area contributed by atoms with Crippen LogP contribution in [-0.2, 0) is 14.3 Å². The maximum Gasteiger partial charge on any atom is 0.417 e. The van der Waals surface area contributed by atoms with E-state index in [-0.39, 0.29) is 31.1 Å². The van der Waals surface area contributed by atoms with Gasteiger partial charge < -0.3 is 9.47 Å². The highest BCUT2D eigenvalue weighted by molar-refractivity contribution is 5.97. The number of methoxy groups -OCH3 is 1. The molecule has 1 rings (SSSR count). The topological polar surface area (TPSA) is 55.8 Å². The Hall–Kier alpha value is -1.36. The number of nitrogens with zero attached hydrogens (tertiary/aromatic N) is 1. The molecule has 1 aliphatic heterocycles. The molecule has 18 heavy (non-hydrogen) atoms. The van der Waals surface area contributed by atoms with Gasteiger partial charge in [-0.3, -0.25) is 4.79 Å². The molecule has 0 spiro atoms. The van der Waals surface area contributed by atoms with E-state index in [2.05, 4.69) is 6.58 Å². The van der Waals surface area contributed by atoms with Gasteiger partial charge in [0, 0.05) is 7.11 Å². The van der Waals surface area contributed by atoms with Gasteiger partial charge in [-0.15, -0.1) is 6.58 Å². The minimum absolute atomic E-state index is 0.150. The van der Waals surface area contributed by atoms with Crippen molar-refractivity contribution in [1.82, 2.24) is 4.90 Å². The summed E-state index contributed by atoms with van der Waals surface area (Å²) < 4.78 is 10.0. The summed E-state index contributed by atoms with van der Waals surface area (Å²) in [4.78, 5) is 25.4. The molecule has 0 radical (unpaired) electrons. The first-order valence-corrected chi connectivity index (χ1v) is 6.00. The van der Waals surface area contributed by atoms with E-state index in [9.17, 15) is 9.59 Å². The molecule has 0 aromatic heterocycles. The van der Waals surface area contributed by atoms with Gasteiger partial charge in [-0.25, -0.2) is 9.69 Å². The number of carbonyl (C=O) groups excluding carboxylic acids is 2. The summed E-state index contributed by atoms with van der Waals surface area (Å²) in [5, 5.41) is 0. The van der Waals surface area contributed by atoms with Crippen molar-refractivity contribution in [3.63, 3.8) is 0 Å². The van der Waals surface area contributed by atoms with Gasteiger partial charge in [0.2, 0.25) is 5.91 Å². The summed E-state index contributed by atoms with van der Waals surface area (Å²) in [6, 6.07) is -0.221. The molecular formula is C13H21NO4. The molecule has 2 atom stereocenters. The smallest absolute Gasteiger partial charge is 0.417 e. The van der Waals surface area contributed by atoms with Crippen LogP contribution >= 0.6 is 0 Å². The van der Waals surface area contributed by atoms with Crippen molar-refractivity contribution in [2.45, 2.75) is 26.8 Å². The Morgan fingerprint density at radius 1 is 1.72 bits per heavy atom. The summed E-state index contributed by atoms with van der Waals surface area (Å²) in [5.41, 5.74) is -0.911. The lowest BCUT2D eigenvalue weighted by atomic mass is 9.89. The summed E-state index contributed by atoms with van der Waals surface area (Å²) in [6.07, 6.45) is 0.935. The van der Waals surface area contributed by atoms with Gasteiger partial charge in [0.05, 0.1) is 18.1 Å². The number of amides is 2. The average Bonchev–Trinajstić information content (AvgIpc) is 2.70. The molecule has 0 aromatic rings. The number of carbonyl (C=O) groups is 2. The van der Waals surface area contributed by atoms with Crippen LogP contribution < -0.4 is 0 Å². The van der Waals surface area contributed by atoms with E-state index >= 15 is 0 Å². The van der Waals surface area contributed by atoms with Crippen LogP contribution in [0.4, 0.5) is 4.79 Å². The molecule has 1 saturated heterocycles. The molecule has 102 valence electrons. The molecule has 5 nitrogen and oxygen atoms in total. The fourth-order valence-electron chi connectivity index (χ4n) is 1.94. The summed E-state index contributed by atoms with van der Waals surface area (Å²) >= 11 is 0. The van der Waals surface area contributed by atoms with Crippen molar-refractivity contribution in [3.05, 3.63) is 12.7 Å². The molecule has 0 aliphatic carbocycles. The van der Waals surface area contributed by atoms with Gasteiger partial charge >= 0.3 is 6.09 Å². The number of cyclic esters (lactones) is 1. The third-order valence-electron chi connectivity index (χ3n) is 3.28. The molecule has 2 amide bonds. The molecule has 1 aliphatic rings. The standard InChI is InChI=1S/C13H21NO4/c1-6-13(4,8-17-5)11(15)14-10(9(2)3)7-18-12(14)16/h6,9-10H,1,7-8H2,2-5H3. The number of rotatable bonds is 5. The zero-order valence-electron chi connectivity index (χ0n) is 11.4. The zero-order valence-corrected chi connectivity index (χ0v) is 11.4. The fourth-order valence-corrected chi connectivity index (χ4v) is 1.94. The first-order valence-electron chi connectivity index (χ1n) is 6.00. The highest BCUT2D eigenvalue weighted by Gasteiger charge is 2.45. The second-order valence-corrected chi connectivity index (χ2v) is 5.12. The van der Waals surface area contributed by atoms with Crippen LogP contribution in [0.2, 0.25) is 0 Å². The number of imide groups is 1. The predicted octanol–water partition coefficient (Wildman–Crippen LogP) is 1.83. The number of hydrogen-bond acceptors (Lipinski definition) is 4. The van der Waals surface area contributed by atoms with Gasteiger partial charge in [0.1, 0.15) is 6.61 Å². The molecule has 0 saturated carbocycles. The van der Waals surface area contributed by atoms with E-state index in [4.69, 9.17) is 9.47 Å². The lowest BCUT2D eigenvalue weighted by molar-refractivity contribution is -0.139. The first kappa shape index (κ1) is 14.7. The lowest BCUT2D eigenvalue weighted by Crippen LogP contribution is -2.49. The molecule has 1 heterocycles. The van der Waals surface area contributed by atoms with Crippen LogP contribution in [0.1, 0.15) is 20.8 Å². The minimum atomic E-state index is -0.911. The van der Waals surface area contributed by atoms with Gasteiger partial charge in [-0.2, -0.15) is 0 Å². The van der Waals surface area contributed by atoms with Crippen molar-refractivity contribution in [2.24, 2.45) is 11.3 Å². The molecule has 2 unspecified atom stereocenters. The van der Waals surface area contributed by atoms with E-state index in [1.54, 1.807) is 6.92 Å². The molecule has 0 aromatic carbocycles. The maximum atomic E-state index is 12.5. The fraction of sp³-hybridized carbons (Fsp3) is 0.692. The Balaban J connectivity index is 2.99. The Bertz CT molecular complexity index is 353. The maximum absolute atomic E-state index is 12.5. The predicted molar refractivity (Wildman–Crippen MR) is 67.0 cm³/mol. The Morgan fingerprint density at radius 2 is 2.33 bits per heavy atom. The van der Waals surface area contributed by atoms with Crippen LogP contribution in [0.15, 0.2) is 12.7 Å². The Labute approximate surface area is 108 Å². The van der Waals surface area contributed by atoms with Crippen molar-refractivity contribution in [1.29, 1.82) is 0 Å². The van der Waals surface area contributed by atoms with Gasteiger partial charge in [-0.1, -0.05) is 19.9 Å². The van der Waals surface area contributed by atoms with Gasteiger partial charge in [0.25, 0.3) is 0 Å². The minimum Gasteiger partial charge on any atom is -0.447 e. The molecule has 5 heteroatoms. The second-order valence-electron chi connectivity index (χ2n) is 5.12. The van der Waals surface area contributed by atoms with E-state index < -0.39 is 11.5 Å². The van der Waals surface area contributed by atoms with Crippen LogP contribution in [0.25, 0.3) is 0 Å². The van der Waals surface area contributed by atoms with Gasteiger partial charge in [0.15, 0.2) is 0 Å². The highest BCUT2D eigenvalue weighted by atomic mass is 16.6. The third-order valence-corrected chi connectivity index (χ3v) is 3.28. The highest BCUT2D eigenvalue weighted by Crippen LogP contribution is 2.28. The van der Waals surface area contributed by atoms with E-state index in [1.807, 2.05) is 13.8 Å². The van der Waals surface area contributed by atoms with Gasteiger partial charge in [-0.05, 0) is 12.8 Å². The number of ether oxygens (including phenoxy) is 2. The Morgan fingerprint density at radius 3 is 2.78 bits per heavy atom. The number of hydrogen-bond donors (Lipinski definition) is 0.